The summed E-state index contributed by atoms with van der Waals surface area (Å²) < 4.78 is 40.0. The molecule has 1 aliphatic rings. The van der Waals surface area contributed by atoms with Gasteiger partial charge in [0.05, 0.1) is 67.9 Å². The number of rotatable bonds is 17. The molecule has 55 heavy (non-hydrogen) atoms. The van der Waals surface area contributed by atoms with Gasteiger partial charge in [0.15, 0.2) is 46.2 Å². The van der Waals surface area contributed by atoms with Gasteiger partial charge in [-0.1, -0.05) is 30.4 Å². The van der Waals surface area contributed by atoms with Gasteiger partial charge in [0.25, 0.3) is 0 Å². The maximum absolute atomic E-state index is 13.9. The molecule has 0 fully saturated rings. The van der Waals surface area contributed by atoms with E-state index in [9.17, 15) is 35.4 Å². The Morgan fingerprint density at radius 3 is 1.91 bits per heavy atom. The van der Waals surface area contributed by atoms with Crippen LogP contribution < -0.4 is 23.7 Å². The molecule has 292 valence electrons. The number of allylic oxidation sites excluding steroid dienone is 3. The van der Waals surface area contributed by atoms with Crippen LogP contribution in [0.4, 0.5) is 0 Å². The van der Waals surface area contributed by atoms with Crippen LogP contribution in [0.25, 0.3) is 28.7 Å². The standard InChI is InChI=1S/C41H44O14/c1-49-30-18-24(36(46)35(21-45)54-41-33(52-4)14-23(9-7-11-43)15-34(41)53-5)16-26(37(30)47)27-17-25(19-31(50-2)38(27)48)39-29(20-44)28-12-22(8-6-10-42)13-32(51-3)40(28)55-39/h6-9,12-19,25,35-36,42-47H,10-11,20-21H2,1-5H3/b8-6+,9-7+. The molecule has 5 rings (SSSR count). The molecule has 3 aromatic carbocycles. The topological polar surface area (TPSA) is 207 Å². The number of ether oxygens (including phenoxy) is 6. The number of phenolic OH excluding ortho intramolecular Hbond substituents is 1. The van der Waals surface area contributed by atoms with Gasteiger partial charge >= 0.3 is 0 Å². The van der Waals surface area contributed by atoms with Crippen molar-refractivity contribution in [2.45, 2.75) is 24.7 Å². The van der Waals surface area contributed by atoms with Crippen LogP contribution in [-0.4, -0.2) is 97.9 Å². The predicted octanol–water partition coefficient (Wildman–Crippen LogP) is 4.43. The number of hydrogen-bond acceptors (Lipinski definition) is 14. The molecule has 0 bridgehead atoms. The number of phenols is 1. The molecule has 14 heteroatoms. The molecule has 0 spiro atoms. The number of carbonyl (C=O) groups excluding carboxylic acids is 1. The second-order valence-corrected chi connectivity index (χ2v) is 12.2. The largest absolute Gasteiger partial charge is 0.504 e. The van der Waals surface area contributed by atoms with Crippen LogP contribution in [0.3, 0.4) is 0 Å². The second-order valence-electron chi connectivity index (χ2n) is 12.2. The smallest absolute Gasteiger partial charge is 0.227 e. The number of Topliss-reactive ketones (excluding diaryl/α,β-unsaturated/α-hetero) is 1. The van der Waals surface area contributed by atoms with Gasteiger partial charge in [-0.15, -0.1) is 0 Å². The van der Waals surface area contributed by atoms with Gasteiger partial charge in [0.2, 0.25) is 11.5 Å². The molecule has 14 nitrogen and oxygen atoms in total. The molecular weight excluding hydrogens is 716 g/mol. The molecule has 6 N–H and O–H groups in total. The minimum absolute atomic E-state index is 0.0337. The lowest BCUT2D eigenvalue weighted by atomic mass is 9.86. The number of aliphatic hydroxyl groups is 5. The van der Waals surface area contributed by atoms with E-state index in [1.54, 1.807) is 42.5 Å². The second kappa shape index (κ2) is 18.0. The summed E-state index contributed by atoms with van der Waals surface area (Å²) in [5, 5.41) is 63.2. The van der Waals surface area contributed by atoms with E-state index >= 15 is 0 Å². The van der Waals surface area contributed by atoms with Crippen LogP contribution in [0.1, 0.15) is 45.6 Å². The van der Waals surface area contributed by atoms with Gasteiger partial charge in [-0.25, -0.2) is 0 Å². The van der Waals surface area contributed by atoms with Crippen molar-refractivity contribution in [3.8, 4) is 34.5 Å². The molecule has 1 aliphatic carbocycles. The predicted molar refractivity (Wildman–Crippen MR) is 202 cm³/mol. The van der Waals surface area contributed by atoms with Gasteiger partial charge in [-0.05, 0) is 59.2 Å². The molecule has 0 radical (unpaired) electrons. The highest BCUT2D eigenvalue weighted by Crippen LogP contribution is 2.46. The van der Waals surface area contributed by atoms with Crippen LogP contribution in [0.5, 0.6) is 34.5 Å². The van der Waals surface area contributed by atoms with Gasteiger partial charge in [0.1, 0.15) is 11.9 Å². The molecule has 1 heterocycles. The summed E-state index contributed by atoms with van der Waals surface area (Å²) in [5.41, 5.74) is 2.11. The van der Waals surface area contributed by atoms with Crippen LogP contribution in [0.15, 0.2) is 70.9 Å². The molecule has 0 aliphatic heterocycles. The Labute approximate surface area is 317 Å². The van der Waals surface area contributed by atoms with E-state index in [-0.39, 0.29) is 64.4 Å². The lowest BCUT2D eigenvalue weighted by Crippen LogP contribution is -2.29. The summed E-state index contributed by atoms with van der Waals surface area (Å²) in [4.78, 5) is 13.9. The number of ketones is 1. The summed E-state index contributed by atoms with van der Waals surface area (Å²) in [6.45, 7) is -1.49. The number of methoxy groups -OCH3 is 5. The first-order valence-electron chi connectivity index (χ1n) is 17.1. The van der Waals surface area contributed by atoms with Crippen molar-refractivity contribution >= 4 is 34.5 Å². The zero-order valence-corrected chi connectivity index (χ0v) is 30.9. The van der Waals surface area contributed by atoms with Gasteiger partial charge in [-0.2, -0.15) is 0 Å². The molecule has 4 aromatic rings. The fourth-order valence-corrected chi connectivity index (χ4v) is 6.36. The van der Waals surface area contributed by atoms with Gasteiger partial charge in [-0.3, -0.25) is 4.79 Å². The first-order chi connectivity index (χ1) is 26.6. The Hall–Kier alpha value is -5.77. The Balaban J connectivity index is 1.61. The fraction of sp³-hybridized carbons (Fsp3) is 0.293. The number of benzene rings is 3. The maximum Gasteiger partial charge on any atom is 0.227 e. The molecule has 0 amide bonds. The number of fused-ring (bicyclic) bond motifs is 1. The average Bonchev–Trinajstić information content (AvgIpc) is 3.59. The van der Waals surface area contributed by atoms with Crippen LogP contribution in [0, 0.1) is 0 Å². The third kappa shape index (κ3) is 8.18. The van der Waals surface area contributed by atoms with E-state index in [0.717, 1.165) is 0 Å². The van der Waals surface area contributed by atoms with E-state index in [2.05, 4.69) is 0 Å². The van der Waals surface area contributed by atoms with Crippen LogP contribution in [-0.2, 0) is 16.1 Å². The van der Waals surface area contributed by atoms with Gasteiger partial charge in [0, 0.05) is 22.1 Å². The summed E-state index contributed by atoms with van der Waals surface area (Å²) in [5.74, 6) is -0.827. The highest BCUT2D eigenvalue weighted by molar-refractivity contribution is 6.29. The number of furan rings is 1. The summed E-state index contributed by atoms with van der Waals surface area (Å²) in [6.07, 6.45) is 6.60. The molecule has 3 unspecified atom stereocenters. The number of carbonyl (C=O) groups is 1. The Morgan fingerprint density at radius 2 is 1.36 bits per heavy atom. The maximum atomic E-state index is 13.9. The summed E-state index contributed by atoms with van der Waals surface area (Å²) in [6, 6.07) is 9.46. The van der Waals surface area contributed by atoms with Crippen molar-refractivity contribution in [1.29, 1.82) is 0 Å². The summed E-state index contributed by atoms with van der Waals surface area (Å²) in [7, 11) is 6.91. The third-order valence-electron chi connectivity index (χ3n) is 9.02. The van der Waals surface area contributed by atoms with E-state index in [1.165, 1.54) is 65.9 Å². The molecule has 0 saturated heterocycles. The van der Waals surface area contributed by atoms with Crippen molar-refractivity contribution < 1.29 is 68.3 Å². The Kier molecular flexibility index (Phi) is 13.3. The van der Waals surface area contributed by atoms with Crippen molar-refractivity contribution in [3.63, 3.8) is 0 Å². The average molecular weight is 761 g/mol. The minimum Gasteiger partial charge on any atom is -0.504 e. The number of aliphatic hydroxyl groups excluding tert-OH is 5. The lowest BCUT2D eigenvalue weighted by molar-refractivity contribution is -0.113. The molecule has 3 atom stereocenters. The van der Waals surface area contributed by atoms with Crippen molar-refractivity contribution in [2.24, 2.45) is 0 Å². The zero-order chi connectivity index (χ0) is 39.8. The molecule has 1 aromatic heterocycles. The monoisotopic (exact) mass is 760 g/mol. The SMILES string of the molecule is COC1=CC(c2oc3c(OC)cc(/C=C/CO)cc3c2CO)C=C(c2cc(C(O)C(CO)Oc3c(OC)cc(/C=C/CO)cc3OC)cc(OC)c2O)C1=O. The number of hydrogen-bond donors (Lipinski definition) is 6. The highest BCUT2D eigenvalue weighted by Gasteiger charge is 2.34. The highest BCUT2D eigenvalue weighted by atomic mass is 16.6. The lowest BCUT2D eigenvalue weighted by Gasteiger charge is -2.26. The first-order valence-corrected chi connectivity index (χ1v) is 17.1. The van der Waals surface area contributed by atoms with Crippen molar-refractivity contribution in [2.75, 3.05) is 55.4 Å². The molecule has 0 saturated carbocycles. The Morgan fingerprint density at radius 1 is 0.764 bits per heavy atom. The van der Waals surface area contributed by atoms with E-state index < -0.39 is 42.9 Å². The van der Waals surface area contributed by atoms with Crippen molar-refractivity contribution in [1.82, 2.24) is 0 Å². The number of aromatic hydroxyl groups is 1. The Bertz CT molecular complexity index is 2120. The minimum atomic E-state index is -1.56. The normalized spacial score (nSPS) is 15.6. The van der Waals surface area contributed by atoms with Gasteiger partial charge < -0.3 is 63.5 Å². The van der Waals surface area contributed by atoms with E-state index in [0.29, 0.717) is 33.4 Å². The third-order valence-corrected chi connectivity index (χ3v) is 9.02. The van der Waals surface area contributed by atoms with Crippen LogP contribution >= 0.6 is 0 Å². The van der Waals surface area contributed by atoms with Crippen LogP contribution in [0.2, 0.25) is 0 Å². The zero-order valence-electron chi connectivity index (χ0n) is 30.9. The summed E-state index contributed by atoms with van der Waals surface area (Å²) >= 11 is 0. The quantitative estimate of drug-likeness (QED) is 0.0881. The fourth-order valence-electron chi connectivity index (χ4n) is 6.36. The van der Waals surface area contributed by atoms with Crippen molar-refractivity contribution in [3.05, 3.63) is 100 Å². The first kappa shape index (κ1) is 40.4. The van der Waals surface area contributed by atoms with E-state index in [1.807, 2.05) is 0 Å². The van der Waals surface area contributed by atoms with E-state index in [4.69, 9.17) is 32.8 Å². The molecular formula is C41H44O14.